The Kier molecular flexibility index (Phi) is 5.23. The molecule has 4 heteroatoms. The van der Waals surface area contributed by atoms with Crippen LogP contribution in [0.3, 0.4) is 0 Å². The zero-order valence-corrected chi connectivity index (χ0v) is 13.4. The fourth-order valence-electron chi connectivity index (χ4n) is 2.96. The lowest BCUT2D eigenvalue weighted by molar-refractivity contribution is 0.138. The van der Waals surface area contributed by atoms with Crippen LogP contribution in [0, 0.1) is 11.8 Å². The fourth-order valence-corrected chi connectivity index (χ4v) is 3.80. The summed E-state index contributed by atoms with van der Waals surface area (Å²) in [5.74, 6) is 5.68. The van der Waals surface area contributed by atoms with Gasteiger partial charge in [0.25, 0.3) is 0 Å². The highest BCUT2D eigenvalue weighted by Gasteiger charge is 2.25. The van der Waals surface area contributed by atoms with E-state index in [9.17, 15) is 0 Å². The van der Waals surface area contributed by atoms with Gasteiger partial charge in [0.2, 0.25) is 0 Å². The summed E-state index contributed by atoms with van der Waals surface area (Å²) in [5, 5.41) is 10.8. The molecule has 2 aromatic rings. The van der Waals surface area contributed by atoms with E-state index in [1.807, 2.05) is 12.3 Å². The number of rotatable bonds is 3. The second-order valence-electron chi connectivity index (χ2n) is 5.50. The second-order valence-corrected chi connectivity index (χ2v) is 6.49. The minimum Gasteiger partial charge on any atom is -0.384 e. The molecule has 1 atom stereocenters. The van der Waals surface area contributed by atoms with E-state index in [0.717, 1.165) is 18.7 Å². The Labute approximate surface area is 135 Å². The number of aromatic nitrogens is 1. The first-order valence-electron chi connectivity index (χ1n) is 7.69. The molecule has 1 aliphatic rings. The van der Waals surface area contributed by atoms with Gasteiger partial charge in [0.15, 0.2) is 0 Å². The molecule has 3 rings (SSSR count). The largest absolute Gasteiger partial charge is 0.384 e. The van der Waals surface area contributed by atoms with Gasteiger partial charge in [-0.15, -0.1) is 11.3 Å². The van der Waals surface area contributed by atoms with Crippen molar-refractivity contribution in [3.05, 3.63) is 52.0 Å². The smallest absolute Gasteiger partial charge is 0.104 e. The van der Waals surface area contributed by atoms with E-state index < -0.39 is 0 Å². The van der Waals surface area contributed by atoms with Gasteiger partial charge in [0.1, 0.15) is 6.61 Å². The third-order valence-electron chi connectivity index (χ3n) is 3.97. The van der Waals surface area contributed by atoms with E-state index in [4.69, 9.17) is 5.11 Å². The van der Waals surface area contributed by atoms with Gasteiger partial charge in [-0.05, 0) is 37.6 Å². The predicted octanol–water partition coefficient (Wildman–Crippen LogP) is 3.21. The fraction of sp³-hybridized carbons (Fsp3) is 0.389. The number of pyridine rings is 1. The molecule has 3 nitrogen and oxygen atoms in total. The summed E-state index contributed by atoms with van der Waals surface area (Å²) in [6.07, 6.45) is 5.59. The summed E-state index contributed by atoms with van der Waals surface area (Å²) in [7, 11) is 0. The molecule has 3 heterocycles. The molecular formula is C18H20N2OS. The monoisotopic (exact) mass is 312 g/mol. The maximum absolute atomic E-state index is 8.77. The van der Waals surface area contributed by atoms with Crippen LogP contribution in [0.25, 0.3) is 0 Å². The minimum atomic E-state index is -0.0843. The molecule has 114 valence electrons. The molecule has 2 aromatic heterocycles. The molecule has 0 amide bonds. The third-order valence-corrected chi connectivity index (χ3v) is 4.89. The number of hydrogen-bond donors (Lipinski definition) is 1. The molecule has 0 aromatic carbocycles. The van der Waals surface area contributed by atoms with E-state index in [1.165, 1.54) is 29.8 Å². The SMILES string of the molecule is OCC#Cc1csc(CN2CCCCC2c2ccccn2)c1. The Bertz CT molecular complexity index is 656. The number of aliphatic hydroxyl groups excluding tert-OH is 1. The molecule has 22 heavy (non-hydrogen) atoms. The number of thiophene rings is 1. The number of aliphatic hydroxyl groups is 1. The first-order valence-corrected chi connectivity index (χ1v) is 8.57. The number of piperidine rings is 1. The van der Waals surface area contributed by atoms with Crippen molar-refractivity contribution in [3.63, 3.8) is 0 Å². The van der Waals surface area contributed by atoms with Crippen LogP contribution in [0.1, 0.15) is 41.4 Å². The van der Waals surface area contributed by atoms with Crippen LogP contribution in [0.15, 0.2) is 35.8 Å². The second kappa shape index (κ2) is 7.55. The number of hydrogen-bond acceptors (Lipinski definition) is 4. The topological polar surface area (TPSA) is 36.4 Å². The molecule has 1 aliphatic heterocycles. The Balaban J connectivity index is 1.73. The molecule has 1 N–H and O–H groups in total. The van der Waals surface area contributed by atoms with Crippen LogP contribution < -0.4 is 0 Å². The van der Waals surface area contributed by atoms with E-state index in [2.05, 4.69) is 45.3 Å². The number of nitrogens with zero attached hydrogens (tertiary/aromatic N) is 2. The molecule has 0 spiro atoms. The van der Waals surface area contributed by atoms with Crippen LogP contribution in [0.5, 0.6) is 0 Å². The summed E-state index contributed by atoms with van der Waals surface area (Å²) in [6.45, 7) is 1.99. The van der Waals surface area contributed by atoms with Gasteiger partial charge < -0.3 is 5.11 Å². The zero-order chi connectivity index (χ0) is 15.2. The summed E-state index contributed by atoms with van der Waals surface area (Å²) in [5.41, 5.74) is 2.18. The standard InChI is InChI=1S/C18H20N2OS/c21-11-5-6-15-12-16(22-14-15)13-20-10-4-2-8-18(20)17-7-1-3-9-19-17/h1,3,7,9,12,14,18,21H,2,4,8,10-11,13H2. The van der Waals surface area contributed by atoms with Gasteiger partial charge in [0.05, 0.1) is 11.7 Å². The molecule has 0 bridgehead atoms. The van der Waals surface area contributed by atoms with Crippen molar-refractivity contribution in [2.75, 3.05) is 13.2 Å². The molecule has 1 fully saturated rings. The van der Waals surface area contributed by atoms with Crippen molar-refractivity contribution in [1.82, 2.24) is 9.88 Å². The summed E-state index contributed by atoms with van der Waals surface area (Å²) in [4.78, 5) is 8.40. The van der Waals surface area contributed by atoms with E-state index in [0.29, 0.717) is 6.04 Å². The van der Waals surface area contributed by atoms with Crippen molar-refractivity contribution in [2.45, 2.75) is 31.8 Å². The summed E-state index contributed by atoms with van der Waals surface area (Å²) < 4.78 is 0. The van der Waals surface area contributed by atoms with Crippen LogP contribution in [-0.2, 0) is 6.54 Å². The maximum Gasteiger partial charge on any atom is 0.104 e. The van der Waals surface area contributed by atoms with E-state index in [-0.39, 0.29) is 6.61 Å². The third kappa shape index (κ3) is 3.75. The number of likely N-dealkylation sites (tertiary alicyclic amines) is 1. The van der Waals surface area contributed by atoms with Crippen molar-refractivity contribution >= 4 is 11.3 Å². The van der Waals surface area contributed by atoms with E-state index in [1.54, 1.807) is 11.3 Å². The first-order chi connectivity index (χ1) is 10.9. The Morgan fingerprint density at radius 1 is 1.36 bits per heavy atom. The Morgan fingerprint density at radius 2 is 2.32 bits per heavy atom. The van der Waals surface area contributed by atoms with Crippen molar-refractivity contribution in [2.24, 2.45) is 0 Å². The average Bonchev–Trinajstić information content (AvgIpc) is 3.02. The highest BCUT2D eigenvalue weighted by atomic mass is 32.1. The summed E-state index contributed by atoms with van der Waals surface area (Å²) in [6, 6.07) is 8.74. The minimum absolute atomic E-state index is 0.0843. The maximum atomic E-state index is 8.77. The first kappa shape index (κ1) is 15.2. The normalized spacial score (nSPS) is 18.7. The van der Waals surface area contributed by atoms with Crippen LogP contribution in [-0.4, -0.2) is 28.1 Å². The molecule has 0 saturated carbocycles. The average molecular weight is 312 g/mol. The van der Waals surface area contributed by atoms with Gasteiger partial charge in [-0.1, -0.05) is 24.3 Å². The van der Waals surface area contributed by atoms with Gasteiger partial charge in [-0.25, -0.2) is 0 Å². The van der Waals surface area contributed by atoms with Crippen LogP contribution in [0.2, 0.25) is 0 Å². The lowest BCUT2D eigenvalue weighted by Crippen LogP contribution is -2.33. The summed E-state index contributed by atoms with van der Waals surface area (Å²) >= 11 is 1.74. The van der Waals surface area contributed by atoms with Crippen molar-refractivity contribution in [1.29, 1.82) is 0 Å². The van der Waals surface area contributed by atoms with E-state index >= 15 is 0 Å². The van der Waals surface area contributed by atoms with Gasteiger partial charge in [-0.2, -0.15) is 0 Å². The van der Waals surface area contributed by atoms with Crippen molar-refractivity contribution < 1.29 is 5.11 Å². The van der Waals surface area contributed by atoms with Gasteiger partial charge >= 0.3 is 0 Å². The highest BCUT2D eigenvalue weighted by Crippen LogP contribution is 2.31. The van der Waals surface area contributed by atoms with Crippen molar-refractivity contribution in [3.8, 4) is 11.8 Å². The van der Waals surface area contributed by atoms with Gasteiger partial charge in [0, 0.05) is 28.6 Å². The quantitative estimate of drug-likeness (QED) is 0.884. The molecule has 0 aliphatic carbocycles. The van der Waals surface area contributed by atoms with Gasteiger partial charge in [-0.3, -0.25) is 9.88 Å². The molecule has 1 unspecified atom stereocenters. The van der Waals surface area contributed by atoms with Crippen LogP contribution in [0.4, 0.5) is 0 Å². The Morgan fingerprint density at radius 3 is 3.14 bits per heavy atom. The highest BCUT2D eigenvalue weighted by molar-refractivity contribution is 7.10. The predicted molar refractivity (Wildman–Crippen MR) is 89.5 cm³/mol. The molecule has 1 saturated heterocycles. The zero-order valence-electron chi connectivity index (χ0n) is 12.5. The molecular weight excluding hydrogens is 292 g/mol. The lowest BCUT2D eigenvalue weighted by atomic mass is 9.98. The molecule has 0 radical (unpaired) electrons. The Hall–Kier alpha value is -1.67. The lowest BCUT2D eigenvalue weighted by Gasteiger charge is -2.35. The van der Waals surface area contributed by atoms with Crippen LogP contribution >= 0.6 is 11.3 Å².